The number of rotatable bonds is 0. The molecular weight excluding hydrogens is 212 g/mol. The molecule has 0 aliphatic rings. The van der Waals surface area contributed by atoms with Crippen molar-refractivity contribution in [1.82, 2.24) is 0 Å². The van der Waals surface area contributed by atoms with E-state index in [1.54, 1.807) is 0 Å². The van der Waals surface area contributed by atoms with Gasteiger partial charge in [0.25, 0.3) is 0 Å². The van der Waals surface area contributed by atoms with E-state index in [9.17, 15) is 0 Å². The maximum atomic E-state index is 2.89. The molecule has 0 amide bonds. The van der Waals surface area contributed by atoms with Gasteiger partial charge in [-0.05, 0) is 0 Å². The Morgan fingerprint density at radius 3 is 1.36 bits per heavy atom. The molecule has 0 fully saturated rings. The Morgan fingerprint density at radius 1 is 0.909 bits per heavy atom. The third-order valence-corrected chi connectivity index (χ3v) is 0.607. The molecule has 1 aromatic carbocycles. The van der Waals surface area contributed by atoms with Crippen molar-refractivity contribution in [3.05, 3.63) is 36.4 Å². The van der Waals surface area contributed by atoms with Gasteiger partial charge in [0.2, 0.25) is 0 Å². The van der Waals surface area contributed by atoms with Crippen LogP contribution in [0.4, 0.5) is 0 Å². The summed E-state index contributed by atoms with van der Waals surface area (Å²) in [4.78, 5) is 0. The second-order valence-corrected chi connectivity index (χ2v) is 1.08. The third kappa shape index (κ3) is 17.9. The molecule has 0 saturated heterocycles. The zero-order chi connectivity index (χ0) is 6.24. The topological polar surface area (TPSA) is 0 Å². The van der Waals surface area contributed by atoms with Crippen LogP contribution in [0.15, 0.2) is 30.3 Å². The fourth-order valence-electron chi connectivity index (χ4n) is 0.342. The van der Waals surface area contributed by atoms with E-state index in [-0.39, 0.29) is 47.5 Å². The first-order valence-electron chi connectivity index (χ1n) is 2.91. The molecular formula is C9H15BrMg. The van der Waals surface area contributed by atoms with E-state index in [0.717, 1.165) is 0 Å². The van der Waals surface area contributed by atoms with Crippen LogP contribution in [0.3, 0.4) is 0 Å². The Balaban J connectivity index is -0.0000000459. The predicted molar refractivity (Wildman–Crippen MR) is 49.1 cm³/mol. The predicted octanol–water partition coefficient (Wildman–Crippen LogP) is -0.228. The minimum atomic E-state index is 0. The Bertz CT molecular complexity index is 81.5. The molecule has 0 unspecified atom stereocenters. The Kier molecular flexibility index (Phi) is 45.9. The summed E-state index contributed by atoms with van der Waals surface area (Å²) in [6.07, 6.45) is 0. The first-order valence-corrected chi connectivity index (χ1v) is 2.91. The summed E-state index contributed by atoms with van der Waals surface area (Å²) >= 11 is 0. The van der Waals surface area contributed by atoms with E-state index < -0.39 is 0 Å². The first-order chi connectivity index (χ1) is 4.00. The molecule has 60 valence electrons. The van der Waals surface area contributed by atoms with Crippen molar-refractivity contribution in [3.8, 4) is 0 Å². The summed E-state index contributed by atoms with van der Waals surface area (Å²) in [5.41, 5.74) is 0. The maximum absolute atomic E-state index is 2.89. The van der Waals surface area contributed by atoms with Crippen molar-refractivity contribution in [3.63, 3.8) is 0 Å². The monoisotopic (exact) mass is 226 g/mol. The van der Waals surface area contributed by atoms with E-state index in [2.05, 4.69) is 6.07 Å². The molecule has 0 atom stereocenters. The van der Waals surface area contributed by atoms with E-state index >= 15 is 0 Å². The molecule has 0 heterocycles. The molecule has 0 bridgehead atoms. The molecule has 0 nitrogen and oxygen atoms in total. The van der Waals surface area contributed by atoms with E-state index in [1.165, 1.54) is 0 Å². The smallest absolute Gasteiger partial charge is 1.00 e. The molecule has 0 aromatic heterocycles. The van der Waals surface area contributed by atoms with Crippen LogP contribution in [0.1, 0.15) is 21.3 Å². The Hall–Kier alpha value is 0.466. The summed E-state index contributed by atoms with van der Waals surface area (Å²) in [5.74, 6) is 0. The van der Waals surface area contributed by atoms with Crippen LogP contribution >= 0.6 is 0 Å². The van der Waals surface area contributed by atoms with Crippen LogP contribution in [0, 0.1) is 6.07 Å². The summed E-state index contributed by atoms with van der Waals surface area (Å²) in [6, 6.07) is 12.5. The fraction of sp³-hybridized carbons (Fsp3) is 0.333. The normalized spacial score (nSPS) is 4.91. The molecule has 1 aromatic rings. The van der Waals surface area contributed by atoms with Gasteiger partial charge in [0.15, 0.2) is 0 Å². The van der Waals surface area contributed by atoms with Crippen LogP contribution in [0.5, 0.6) is 0 Å². The van der Waals surface area contributed by atoms with E-state index in [1.807, 2.05) is 44.2 Å². The van der Waals surface area contributed by atoms with Gasteiger partial charge in [-0.1, -0.05) is 21.3 Å². The second-order valence-electron chi connectivity index (χ2n) is 1.08. The van der Waals surface area contributed by atoms with Gasteiger partial charge >= 0.3 is 23.1 Å². The van der Waals surface area contributed by atoms with E-state index in [0.29, 0.717) is 0 Å². The molecule has 0 N–H and O–H groups in total. The zero-order valence-corrected chi connectivity index (χ0v) is 9.47. The van der Waals surface area contributed by atoms with Gasteiger partial charge in [-0.2, -0.15) is 36.4 Å². The molecule has 0 radical (unpaired) electrons. The molecule has 2 heteroatoms. The second kappa shape index (κ2) is 22.4. The van der Waals surface area contributed by atoms with E-state index in [4.69, 9.17) is 0 Å². The van der Waals surface area contributed by atoms with Crippen LogP contribution < -0.4 is 17.0 Å². The third-order valence-electron chi connectivity index (χ3n) is 0.607. The van der Waals surface area contributed by atoms with Gasteiger partial charge in [-0.15, -0.1) is 0 Å². The summed E-state index contributed by atoms with van der Waals surface area (Å²) in [6.45, 7) is 4.00. The number of halogens is 1. The van der Waals surface area contributed by atoms with Crippen molar-refractivity contribution in [2.24, 2.45) is 0 Å². The Morgan fingerprint density at radius 2 is 1.27 bits per heavy atom. The van der Waals surface area contributed by atoms with Crippen LogP contribution in [0.25, 0.3) is 0 Å². The first kappa shape index (κ1) is 22.5. The molecule has 11 heavy (non-hydrogen) atoms. The van der Waals surface area contributed by atoms with Crippen molar-refractivity contribution in [2.45, 2.75) is 21.3 Å². The van der Waals surface area contributed by atoms with Crippen molar-refractivity contribution < 1.29 is 17.0 Å². The van der Waals surface area contributed by atoms with Crippen LogP contribution in [-0.4, -0.2) is 23.1 Å². The van der Waals surface area contributed by atoms with Gasteiger partial charge < -0.3 is 17.0 Å². The SMILES string of the molecule is C.CC.[Br-].[Mg+2].[c-]1ccccc1. The Labute approximate surface area is 97.3 Å². The van der Waals surface area contributed by atoms with Crippen molar-refractivity contribution >= 4 is 23.1 Å². The van der Waals surface area contributed by atoms with Crippen LogP contribution in [-0.2, 0) is 0 Å². The molecule has 0 aliphatic carbocycles. The number of hydrogen-bond acceptors (Lipinski definition) is 0. The zero-order valence-electron chi connectivity index (χ0n) is 6.47. The molecule has 0 aliphatic heterocycles. The minimum Gasteiger partial charge on any atom is -1.00 e. The van der Waals surface area contributed by atoms with Gasteiger partial charge in [0.1, 0.15) is 0 Å². The van der Waals surface area contributed by atoms with Gasteiger partial charge in [0, 0.05) is 0 Å². The standard InChI is InChI=1S/C6H5.C2H6.CH4.BrH.Mg/c1-2-4-6-5-3-1;1-2;;;/h1-5H;1-2H3;1H4;1H;/q-1;;;;+2/p-1. The summed E-state index contributed by atoms with van der Waals surface area (Å²) in [5, 5.41) is 0. The number of benzene rings is 1. The van der Waals surface area contributed by atoms with Crippen molar-refractivity contribution in [2.75, 3.05) is 0 Å². The minimum absolute atomic E-state index is 0. The average Bonchev–Trinajstić information content (AvgIpc) is 1.96. The fourth-order valence-corrected chi connectivity index (χ4v) is 0.342. The van der Waals surface area contributed by atoms with Gasteiger partial charge in [-0.3, -0.25) is 0 Å². The molecule has 0 spiro atoms. The average molecular weight is 227 g/mol. The van der Waals surface area contributed by atoms with Crippen molar-refractivity contribution in [1.29, 1.82) is 0 Å². The summed E-state index contributed by atoms with van der Waals surface area (Å²) < 4.78 is 0. The van der Waals surface area contributed by atoms with Gasteiger partial charge in [-0.25, -0.2) is 0 Å². The van der Waals surface area contributed by atoms with Crippen LogP contribution in [0.2, 0.25) is 0 Å². The molecule has 1 rings (SSSR count). The molecule has 0 saturated carbocycles. The number of hydrogen-bond donors (Lipinski definition) is 0. The largest absolute Gasteiger partial charge is 2.00 e. The quantitative estimate of drug-likeness (QED) is 0.424. The summed E-state index contributed by atoms with van der Waals surface area (Å²) in [7, 11) is 0. The maximum Gasteiger partial charge on any atom is 2.00 e. The van der Waals surface area contributed by atoms with Gasteiger partial charge in [0.05, 0.1) is 0 Å².